The molecule has 0 N–H and O–H groups in total. The van der Waals surface area contributed by atoms with Gasteiger partial charge in [-0.2, -0.15) is 0 Å². The predicted molar refractivity (Wildman–Crippen MR) is 154 cm³/mol. The van der Waals surface area contributed by atoms with E-state index < -0.39 is 15.8 Å². The molecule has 4 rings (SSSR count). The van der Waals surface area contributed by atoms with Gasteiger partial charge in [0.2, 0.25) is 0 Å². The van der Waals surface area contributed by atoms with E-state index in [1.807, 2.05) is 24.3 Å². The summed E-state index contributed by atoms with van der Waals surface area (Å²) in [6, 6.07) is 33.7. The minimum absolute atomic E-state index is 0.238. The monoisotopic (exact) mass is 518 g/mol. The molecule has 4 aromatic carbocycles. The van der Waals surface area contributed by atoms with Crippen molar-refractivity contribution in [2.75, 3.05) is 28.4 Å². The third-order valence-corrected chi connectivity index (χ3v) is 12.4. The number of ether oxygens (including phenoxy) is 4. The fourth-order valence-corrected chi connectivity index (χ4v) is 11.4. The molecule has 0 aliphatic carbocycles. The molecular weight excluding hydrogens is 486 g/mol. The normalized spacial score (nSPS) is 13.4. The van der Waals surface area contributed by atoms with Crippen molar-refractivity contribution in [2.24, 2.45) is 0 Å². The molecule has 0 bridgehead atoms. The Morgan fingerprint density at radius 3 is 1.22 bits per heavy atom. The molecule has 0 spiro atoms. The SMILES string of the molecule is COc1ccc(OC)c(P(c2ccccc2)C(C)P(c2ccccc2)c2cc(OC)ccc2OC)c1. The van der Waals surface area contributed by atoms with Crippen LogP contribution in [0.5, 0.6) is 23.0 Å². The molecule has 0 fully saturated rings. The topological polar surface area (TPSA) is 36.9 Å². The first-order chi connectivity index (χ1) is 17.6. The number of methoxy groups -OCH3 is 4. The third-order valence-electron chi connectivity index (χ3n) is 6.11. The lowest BCUT2D eigenvalue weighted by atomic mass is 10.3. The largest absolute Gasteiger partial charge is 0.497 e. The Morgan fingerprint density at radius 2 is 0.889 bits per heavy atom. The van der Waals surface area contributed by atoms with Crippen LogP contribution in [0.1, 0.15) is 6.92 Å². The van der Waals surface area contributed by atoms with Gasteiger partial charge in [-0.15, -0.1) is 0 Å². The highest BCUT2D eigenvalue weighted by atomic mass is 31.2. The Balaban J connectivity index is 1.97. The summed E-state index contributed by atoms with van der Waals surface area (Å²) >= 11 is 0. The minimum Gasteiger partial charge on any atom is -0.497 e. The molecule has 2 unspecified atom stereocenters. The van der Waals surface area contributed by atoms with Gasteiger partial charge >= 0.3 is 0 Å². The first-order valence-corrected chi connectivity index (χ1v) is 14.6. The molecule has 6 heteroatoms. The van der Waals surface area contributed by atoms with Gasteiger partial charge in [-0.05, 0) is 62.9 Å². The van der Waals surface area contributed by atoms with Crippen LogP contribution in [0.3, 0.4) is 0 Å². The Morgan fingerprint density at radius 1 is 0.500 bits per heavy atom. The van der Waals surface area contributed by atoms with Crippen LogP contribution in [0, 0.1) is 0 Å². The average Bonchev–Trinajstić information content (AvgIpc) is 2.94. The minimum atomic E-state index is -0.851. The smallest absolute Gasteiger partial charge is 0.127 e. The van der Waals surface area contributed by atoms with Crippen molar-refractivity contribution in [3.05, 3.63) is 97.1 Å². The summed E-state index contributed by atoms with van der Waals surface area (Å²) < 4.78 is 23.1. The highest BCUT2D eigenvalue weighted by Crippen LogP contribution is 2.58. The van der Waals surface area contributed by atoms with Crippen LogP contribution in [-0.2, 0) is 0 Å². The van der Waals surface area contributed by atoms with Gasteiger partial charge in [0, 0.05) is 16.0 Å². The Bertz CT molecular complexity index is 1170. The van der Waals surface area contributed by atoms with Crippen molar-refractivity contribution < 1.29 is 18.9 Å². The molecule has 36 heavy (non-hydrogen) atoms. The van der Waals surface area contributed by atoms with Crippen LogP contribution < -0.4 is 40.2 Å². The second-order valence-electron chi connectivity index (χ2n) is 8.12. The highest BCUT2D eigenvalue weighted by Gasteiger charge is 2.34. The zero-order chi connectivity index (χ0) is 25.5. The molecule has 186 valence electrons. The fourth-order valence-electron chi connectivity index (χ4n) is 4.37. The van der Waals surface area contributed by atoms with Crippen LogP contribution in [0.4, 0.5) is 0 Å². The molecule has 4 nitrogen and oxygen atoms in total. The van der Waals surface area contributed by atoms with Gasteiger partial charge < -0.3 is 18.9 Å². The average molecular weight is 519 g/mol. The van der Waals surface area contributed by atoms with Crippen LogP contribution in [0.2, 0.25) is 0 Å². The maximum absolute atomic E-state index is 5.89. The Kier molecular flexibility index (Phi) is 8.86. The van der Waals surface area contributed by atoms with Crippen molar-refractivity contribution in [1.29, 1.82) is 0 Å². The molecule has 0 aromatic heterocycles. The number of rotatable bonds is 10. The van der Waals surface area contributed by atoms with Crippen molar-refractivity contribution in [1.82, 2.24) is 0 Å². The van der Waals surface area contributed by atoms with Crippen LogP contribution >= 0.6 is 15.8 Å². The van der Waals surface area contributed by atoms with E-state index in [2.05, 4.69) is 79.7 Å². The van der Waals surface area contributed by atoms with E-state index in [4.69, 9.17) is 18.9 Å². The summed E-state index contributed by atoms with van der Waals surface area (Å²) in [7, 11) is 5.18. The van der Waals surface area contributed by atoms with Gasteiger partial charge in [0.05, 0.1) is 28.4 Å². The summed E-state index contributed by atoms with van der Waals surface area (Å²) in [5, 5.41) is 5.14. The Labute approximate surface area is 216 Å². The third kappa shape index (κ3) is 5.51. The first kappa shape index (κ1) is 26.0. The van der Waals surface area contributed by atoms with Crippen molar-refractivity contribution in [2.45, 2.75) is 12.3 Å². The zero-order valence-electron chi connectivity index (χ0n) is 21.3. The van der Waals surface area contributed by atoms with E-state index in [0.717, 1.165) is 33.6 Å². The second-order valence-corrected chi connectivity index (χ2v) is 13.6. The summed E-state index contributed by atoms with van der Waals surface area (Å²) in [6.45, 7) is 2.36. The summed E-state index contributed by atoms with van der Waals surface area (Å²) in [5.74, 6) is 3.39. The van der Waals surface area contributed by atoms with Crippen molar-refractivity contribution in [3.63, 3.8) is 0 Å². The highest BCUT2D eigenvalue weighted by molar-refractivity contribution is 7.89. The lowest BCUT2D eigenvalue weighted by molar-refractivity contribution is 0.406. The molecular formula is C30H32O4P2. The molecule has 4 aromatic rings. The molecule has 0 heterocycles. The van der Waals surface area contributed by atoms with E-state index in [1.165, 1.54) is 10.6 Å². The molecule has 2 atom stereocenters. The van der Waals surface area contributed by atoms with Crippen molar-refractivity contribution >= 4 is 37.1 Å². The lowest BCUT2D eigenvalue weighted by Gasteiger charge is -2.34. The molecule has 0 radical (unpaired) electrons. The van der Waals surface area contributed by atoms with E-state index in [-0.39, 0.29) is 5.40 Å². The maximum atomic E-state index is 5.89. The fraction of sp³-hybridized carbons (Fsp3) is 0.200. The quantitative estimate of drug-likeness (QED) is 0.255. The van der Waals surface area contributed by atoms with Gasteiger partial charge in [-0.1, -0.05) is 67.6 Å². The molecule has 0 saturated carbocycles. The van der Waals surface area contributed by atoms with Gasteiger partial charge in [0.25, 0.3) is 0 Å². The van der Waals surface area contributed by atoms with Gasteiger partial charge in [0.1, 0.15) is 23.0 Å². The molecule has 0 amide bonds. The van der Waals surface area contributed by atoms with Crippen LogP contribution in [0.15, 0.2) is 97.1 Å². The number of hydrogen-bond donors (Lipinski definition) is 0. The van der Waals surface area contributed by atoms with E-state index in [1.54, 1.807) is 28.4 Å². The van der Waals surface area contributed by atoms with Crippen LogP contribution in [0.25, 0.3) is 0 Å². The standard InChI is InChI=1S/C30H32O4P2/c1-22(35(25-12-8-6-9-13-25)29-20-23(31-2)16-18-27(29)33-4)36(26-14-10-7-11-15-26)30-21-24(32-3)17-19-28(30)34-5/h6-22H,1-5H3. The maximum Gasteiger partial charge on any atom is 0.127 e. The van der Waals surface area contributed by atoms with E-state index in [0.29, 0.717) is 0 Å². The Hall–Kier alpha value is -3.06. The summed E-state index contributed by atoms with van der Waals surface area (Å²) in [5.41, 5.74) is 0. The summed E-state index contributed by atoms with van der Waals surface area (Å²) in [4.78, 5) is 0. The van der Waals surface area contributed by atoms with Gasteiger partial charge in [-0.3, -0.25) is 0 Å². The van der Waals surface area contributed by atoms with Crippen molar-refractivity contribution in [3.8, 4) is 23.0 Å². The lowest BCUT2D eigenvalue weighted by Crippen LogP contribution is -2.27. The van der Waals surface area contributed by atoms with Gasteiger partial charge in [-0.25, -0.2) is 0 Å². The van der Waals surface area contributed by atoms with E-state index >= 15 is 0 Å². The van der Waals surface area contributed by atoms with Gasteiger partial charge in [0.15, 0.2) is 0 Å². The second kappa shape index (κ2) is 12.3. The zero-order valence-corrected chi connectivity index (χ0v) is 23.1. The summed E-state index contributed by atoms with van der Waals surface area (Å²) in [6.07, 6.45) is 0. The van der Waals surface area contributed by atoms with Crippen LogP contribution in [-0.4, -0.2) is 33.8 Å². The predicted octanol–water partition coefficient (Wildman–Crippen LogP) is 5.63. The molecule has 0 aliphatic heterocycles. The first-order valence-electron chi connectivity index (χ1n) is 11.7. The number of benzene rings is 4. The number of hydrogen-bond acceptors (Lipinski definition) is 4. The molecule has 0 saturated heterocycles. The van der Waals surface area contributed by atoms with E-state index in [9.17, 15) is 0 Å². The molecule has 0 aliphatic rings.